The summed E-state index contributed by atoms with van der Waals surface area (Å²) >= 11 is 0. The lowest BCUT2D eigenvalue weighted by Crippen LogP contribution is -2.69. The third-order valence-electron chi connectivity index (χ3n) is 3.56. The summed E-state index contributed by atoms with van der Waals surface area (Å²) in [5.41, 5.74) is 4.49. The zero-order valence-electron chi connectivity index (χ0n) is 14.0. The molecule has 5 atom stereocenters. The van der Waals surface area contributed by atoms with Crippen LogP contribution in [0.1, 0.15) is 48.5 Å². The van der Waals surface area contributed by atoms with Gasteiger partial charge in [-0.3, -0.25) is 0 Å². The monoisotopic (exact) mass is 309 g/mol. The SMILES string of the molecule is C[C@H]1[C@H](O)[C@@H](OC(C)(C)C)[C@H](OC(C)(C)C)[C@@H](N)C1(F)F. The van der Waals surface area contributed by atoms with E-state index in [0.717, 1.165) is 0 Å². The second-order valence-corrected chi connectivity index (χ2v) is 7.87. The minimum Gasteiger partial charge on any atom is -0.390 e. The third kappa shape index (κ3) is 4.34. The fraction of sp³-hybridized carbons (Fsp3) is 1.00. The van der Waals surface area contributed by atoms with E-state index in [1.807, 2.05) is 0 Å². The van der Waals surface area contributed by atoms with Crippen molar-refractivity contribution in [2.75, 3.05) is 0 Å². The average Bonchev–Trinajstić information content (AvgIpc) is 2.26. The van der Waals surface area contributed by atoms with Crippen LogP contribution in [0.25, 0.3) is 0 Å². The molecule has 0 aliphatic heterocycles. The molecule has 0 amide bonds. The average molecular weight is 309 g/mol. The zero-order chi connectivity index (χ0) is 16.8. The van der Waals surface area contributed by atoms with Crippen LogP contribution in [0, 0.1) is 5.92 Å². The minimum atomic E-state index is -3.22. The van der Waals surface area contributed by atoms with Crippen LogP contribution < -0.4 is 5.73 Å². The van der Waals surface area contributed by atoms with Crippen LogP contribution >= 0.6 is 0 Å². The van der Waals surface area contributed by atoms with Gasteiger partial charge in [-0.2, -0.15) is 0 Å². The molecule has 3 N–H and O–H groups in total. The number of hydrogen-bond acceptors (Lipinski definition) is 4. The lowest BCUT2D eigenvalue weighted by molar-refractivity contribution is -0.272. The Bertz CT molecular complexity index is 363. The Labute approximate surface area is 126 Å². The number of nitrogens with two attached hydrogens (primary N) is 1. The van der Waals surface area contributed by atoms with Crippen LogP contribution in [-0.4, -0.2) is 46.6 Å². The summed E-state index contributed by atoms with van der Waals surface area (Å²) in [6, 6.07) is -1.53. The molecule has 1 rings (SSSR count). The second-order valence-electron chi connectivity index (χ2n) is 7.87. The highest BCUT2D eigenvalue weighted by atomic mass is 19.3. The normalized spacial score (nSPS) is 37.6. The summed E-state index contributed by atoms with van der Waals surface area (Å²) in [6.07, 6.45) is -3.31. The van der Waals surface area contributed by atoms with Crippen molar-refractivity contribution in [3.63, 3.8) is 0 Å². The highest BCUT2D eigenvalue weighted by molar-refractivity contribution is 5.06. The molecule has 0 aromatic rings. The van der Waals surface area contributed by atoms with Gasteiger partial charge in [0.1, 0.15) is 12.2 Å². The van der Waals surface area contributed by atoms with Crippen molar-refractivity contribution in [1.82, 2.24) is 0 Å². The van der Waals surface area contributed by atoms with Crippen LogP contribution in [0.4, 0.5) is 8.78 Å². The van der Waals surface area contributed by atoms with E-state index in [0.29, 0.717) is 0 Å². The van der Waals surface area contributed by atoms with Gasteiger partial charge in [0, 0.05) is 0 Å². The Morgan fingerprint density at radius 3 is 1.71 bits per heavy atom. The zero-order valence-corrected chi connectivity index (χ0v) is 14.0. The first-order valence-electron chi connectivity index (χ1n) is 7.34. The molecule has 0 bridgehead atoms. The van der Waals surface area contributed by atoms with E-state index in [9.17, 15) is 13.9 Å². The molecule has 1 fully saturated rings. The fourth-order valence-electron chi connectivity index (χ4n) is 2.53. The standard InChI is InChI=1S/C15H29F2NO3/c1-8-9(19)10(20-13(2,3)4)11(21-14(5,6)7)12(18)15(8,16)17/h8-12,19H,18H2,1-7H3/t8-,9-,10+,11-,12+/m0/s1. The molecule has 0 spiro atoms. The highest BCUT2D eigenvalue weighted by Crippen LogP contribution is 2.42. The van der Waals surface area contributed by atoms with Gasteiger partial charge in [0.25, 0.3) is 5.92 Å². The lowest BCUT2D eigenvalue weighted by atomic mass is 9.77. The third-order valence-corrected chi connectivity index (χ3v) is 3.56. The molecule has 6 heteroatoms. The van der Waals surface area contributed by atoms with Crippen LogP contribution in [0.3, 0.4) is 0 Å². The molecule has 1 aliphatic rings. The predicted molar refractivity (Wildman–Crippen MR) is 77.3 cm³/mol. The van der Waals surface area contributed by atoms with Crippen molar-refractivity contribution in [3.05, 3.63) is 0 Å². The molecular weight excluding hydrogens is 280 g/mol. The number of halogens is 2. The van der Waals surface area contributed by atoms with E-state index in [1.165, 1.54) is 6.92 Å². The molecule has 0 aromatic carbocycles. The molecule has 0 heterocycles. The summed E-state index contributed by atoms with van der Waals surface area (Å²) in [7, 11) is 0. The van der Waals surface area contributed by atoms with Crippen molar-refractivity contribution < 1.29 is 23.4 Å². The van der Waals surface area contributed by atoms with E-state index in [1.54, 1.807) is 41.5 Å². The summed E-state index contributed by atoms with van der Waals surface area (Å²) in [5.74, 6) is -4.51. The first-order chi connectivity index (χ1) is 9.17. The second kappa shape index (κ2) is 5.72. The number of aliphatic hydroxyl groups excluding tert-OH is 1. The Morgan fingerprint density at radius 2 is 1.33 bits per heavy atom. The van der Waals surface area contributed by atoms with E-state index in [4.69, 9.17) is 15.2 Å². The Hall–Kier alpha value is -0.300. The summed E-state index contributed by atoms with van der Waals surface area (Å²) < 4.78 is 40.0. The number of ether oxygens (including phenoxy) is 2. The predicted octanol–water partition coefficient (Wildman–Crippen LogP) is 2.33. The van der Waals surface area contributed by atoms with Crippen LogP contribution in [0.5, 0.6) is 0 Å². The van der Waals surface area contributed by atoms with Gasteiger partial charge in [-0.05, 0) is 41.5 Å². The van der Waals surface area contributed by atoms with Crippen molar-refractivity contribution in [1.29, 1.82) is 0 Å². The quantitative estimate of drug-likeness (QED) is 0.821. The number of rotatable bonds is 2. The van der Waals surface area contributed by atoms with Gasteiger partial charge >= 0.3 is 0 Å². The smallest absolute Gasteiger partial charge is 0.270 e. The van der Waals surface area contributed by atoms with Gasteiger partial charge in [-0.15, -0.1) is 0 Å². The van der Waals surface area contributed by atoms with Gasteiger partial charge in [-0.1, -0.05) is 6.92 Å². The Balaban J connectivity index is 3.15. The first-order valence-corrected chi connectivity index (χ1v) is 7.34. The maximum atomic E-state index is 14.3. The fourth-order valence-corrected chi connectivity index (χ4v) is 2.53. The maximum absolute atomic E-state index is 14.3. The molecule has 0 aromatic heterocycles. The molecule has 1 saturated carbocycles. The van der Waals surface area contributed by atoms with Crippen molar-refractivity contribution >= 4 is 0 Å². The molecule has 0 unspecified atom stereocenters. The van der Waals surface area contributed by atoms with Crippen LogP contribution in [-0.2, 0) is 9.47 Å². The highest BCUT2D eigenvalue weighted by Gasteiger charge is 2.60. The van der Waals surface area contributed by atoms with Crippen molar-refractivity contribution in [2.45, 2.75) is 89.9 Å². The van der Waals surface area contributed by atoms with Crippen LogP contribution in [0.2, 0.25) is 0 Å². The first kappa shape index (κ1) is 18.7. The molecule has 0 radical (unpaired) electrons. The number of alkyl halides is 2. The summed E-state index contributed by atoms with van der Waals surface area (Å²) in [4.78, 5) is 0. The van der Waals surface area contributed by atoms with Gasteiger partial charge in [0.2, 0.25) is 0 Å². The van der Waals surface area contributed by atoms with Crippen LogP contribution in [0.15, 0.2) is 0 Å². The molecule has 4 nitrogen and oxygen atoms in total. The van der Waals surface area contributed by atoms with Gasteiger partial charge in [0.05, 0.1) is 29.3 Å². The molecular formula is C15H29F2NO3. The van der Waals surface area contributed by atoms with Gasteiger partial charge in [0.15, 0.2) is 0 Å². The summed E-state index contributed by atoms with van der Waals surface area (Å²) in [5, 5.41) is 10.3. The van der Waals surface area contributed by atoms with E-state index >= 15 is 0 Å². The maximum Gasteiger partial charge on any atom is 0.270 e. The van der Waals surface area contributed by atoms with E-state index < -0.39 is 47.4 Å². The Morgan fingerprint density at radius 1 is 0.952 bits per heavy atom. The lowest BCUT2D eigenvalue weighted by Gasteiger charge is -2.49. The largest absolute Gasteiger partial charge is 0.390 e. The molecule has 1 aliphatic carbocycles. The van der Waals surface area contributed by atoms with E-state index in [-0.39, 0.29) is 0 Å². The summed E-state index contributed by atoms with van der Waals surface area (Å²) in [6.45, 7) is 12.0. The van der Waals surface area contributed by atoms with Gasteiger partial charge in [-0.25, -0.2) is 8.78 Å². The molecule has 21 heavy (non-hydrogen) atoms. The van der Waals surface area contributed by atoms with E-state index in [2.05, 4.69) is 0 Å². The minimum absolute atomic E-state index is 0.600. The number of aliphatic hydroxyl groups is 1. The molecule has 126 valence electrons. The topological polar surface area (TPSA) is 64.7 Å². The van der Waals surface area contributed by atoms with Gasteiger partial charge < -0.3 is 20.3 Å². The van der Waals surface area contributed by atoms with Crippen molar-refractivity contribution in [2.24, 2.45) is 11.7 Å². The Kier molecular flexibility index (Phi) is 5.11. The van der Waals surface area contributed by atoms with Crippen molar-refractivity contribution in [3.8, 4) is 0 Å². The number of hydrogen-bond donors (Lipinski definition) is 2. The molecule has 0 saturated heterocycles.